The second-order valence-electron chi connectivity index (χ2n) is 29.5. The highest BCUT2D eigenvalue weighted by Crippen LogP contribution is 2.51. The van der Waals surface area contributed by atoms with Crippen LogP contribution in [-0.2, 0) is 52.8 Å². The Morgan fingerprint density at radius 3 is 1.25 bits per heavy atom. The number of carboxylic acid groups (broad SMARTS) is 2. The lowest BCUT2D eigenvalue weighted by Gasteiger charge is -2.28. The first-order valence-corrected chi connectivity index (χ1v) is 38.0. The average molecular weight is 1430 g/mol. The van der Waals surface area contributed by atoms with Crippen molar-refractivity contribution in [3.05, 3.63) is 177 Å². The van der Waals surface area contributed by atoms with E-state index in [9.17, 15) is 39.0 Å². The summed E-state index contributed by atoms with van der Waals surface area (Å²) in [6, 6.07) is 22.7. The third-order valence-corrected chi connectivity index (χ3v) is 23.3. The van der Waals surface area contributed by atoms with E-state index in [1.807, 2.05) is 94.1 Å². The molecule has 3 aromatic carbocycles. The largest absolute Gasteiger partial charge is 0.478 e. The summed E-state index contributed by atoms with van der Waals surface area (Å²) < 4.78 is 27.9. The van der Waals surface area contributed by atoms with E-state index in [4.69, 9.17) is 18.9 Å². The van der Waals surface area contributed by atoms with Gasteiger partial charge in [-0.3, -0.25) is 29.3 Å². The zero-order chi connectivity index (χ0) is 72.5. The molecule has 3 amide bonds. The molecule has 6 aliphatic heterocycles. The second kappa shape index (κ2) is 30.6. The minimum atomic E-state index is -0.953. The van der Waals surface area contributed by atoms with Gasteiger partial charge in [0.15, 0.2) is 0 Å². The molecule has 9 aromatic rings. The molecular formula is C85H89N9O12. The van der Waals surface area contributed by atoms with Crippen LogP contribution in [0.4, 0.5) is 0 Å². The summed E-state index contributed by atoms with van der Waals surface area (Å²) in [5.41, 5.74) is 19.1. The topological polar surface area (TPSA) is 243 Å². The number of aromatic nitrogens is 6. The normalized spacial score (nSPS) is 18.4. The quantitative estimate of drug-likeness (QED) is 0.128. The number of morpholine rings is 3. The van der Waals surface area contributed by atoms with Gasteiger partial charge in [0.05, 0.1) is 99.1 Å². The molecule has 0 unspecified atom stereocenters. The van der Waals surface area contributed by atoms with E-state index in [2.05, 4.69) is 34.7 Å². The van der Waals surface area contributed by atoms with Gasteiger partial charge in [0.25, 0.3) is 17.7 Å². The van der Waals surface area contributed by atoms with E-state index < -0.39 is 11.9 Å². The number of amides is 3. The number of aromatic carboxylic acids is 2. The maximum Gasteiger partial charge on any atom is 0.337 e. The molecule has 6 fully saturated rings. The maximum atomic E-state index is 13.7. The van der Waals surface area contributed by atoms with Gasteiger partial charge < -0.3 is 57.6 Å². The Morgan fingerprint density at radius 1 is 0.434 bits per heavy atom. The number of carbonyl (C=O) groups is 6. The first-order chi connectivity index (χ1) is 51.9. The Balaban J connectivity index is 0.000000122. The monoisotopic (exact) mass is 1430 g/mol. The van der Waals surface area contributed by atoms with Crippen LogP contribution < -0.4 is 0 Å². The molecule has 106 heavy (non-hydrogen) atoms. The van der Waals surface area contributed by atoms with Crippen molar-refractivity contribution in [3.8, 4) is 33.8 Å². The van der Waals surface area contributed by atoms with Crippen molar-refractivity contribution in [3.63, 3.8) is 0 Å². The Kier molecular flexibility index (Phi) is 20.2. The number of hydrogen-bond acceptors (Lipinski definition) is 13. The Morgan fingerprint density at radius 2 is 0.811 bits per heavy atom. The van der Waals surface area contributed by atoms with Crippen LogP contribution in [0.2, 0.25) is 0 Å². The lowest BCUT2D eigenvalue weighted by Crippen LogP contribution is -2.41. The molecule has 0 radical (unpaired) electrons. The number of fused-ring (bicyclic) bond motifs is 15. The van der Waals surface area contributed by atoms with Gasteiger partial charge in [-0.1, -0.05) is 76.0 Å². The summed E-state index contributed by atoms with van der Waals surface area (Å²) in [6.07, 6.45) is 35.3. The third-order valence-electron chi connectivity index (χ3n) is 23.3. The van der Waals surface area contributed by atoms with E-state index >= 15 is 0 Å². The number of hydrogen-bond donors (Lipinski definition) is 2. The van der Waals surface area contributed by atoms with Crippen molar-refractivity contribution in [2.75, 3.05) is 86.0 Å². The molecule has 12 heterocycles. The van der Waals surface area contributed by atoms with Crippen LogP contribution in [0.5, 0.6) is 0 Å². The molecule has 18 rings (SSSR count). The average Bonchev–Trinajstić information content (AvgIpc) is 1.59. The minimum Gasteiger partial charge on any atom is -0.478 e. The number of carbonyl (C=O) groups excluding carboxylic acids is 4. The highest BCUT2D eigenvalue weighted by Gasteiger charge is 2.37. The molecular weight excluding hydrogens is 1340 g/mol. The van der Waals surface area contributed by atoms with Gasteiger partial charge in [-0.15, -0.1) is 0 Å². The number of carboxylic acids is 2. The predicted octanol–water partition coefficient (Wildman–Crippen LogP) is 14.2. The number of pyridine rings is 3. The van der Waals surface area contributed by atoms with Crippen LogP contribution in [-0.4, -0.2) is 175 Å². The van der Waals surface area contributed by atoms with Crippen molar-refractivity contribution >= 4 is 86.7 Å². The number of rotatable bonds is 9. The van der Waals surface area contributed by atoms with Gasteiger partial charge in [0, 0.05) is 150 Å². The van der Waals surface area contributed by atoms with Gasteiger partial charge >= 0.3 is 17.9 Å². The molecule has 3 saturated heterocycles. The van der Waals surface area contributed by atoms with Crippen molar-refractivity contribution < 1.29 is 57.9 Å². The molecule has 6 aromatic heterocycles. The number of benzene rings is 3. The molecule has 0 spiro atoms. The fraction of sp³-hybridized carbons (Fsp3) is 0.400. The molecule has 3 saturated carbocycles. The van der Waals surface area contributed by atoms with Crippen molar-refractivity contribution in [2.45, 2.75) is 134 Å². The SMILES string of the molecule is COC(=O)c1ccc2c(C3CCCCC3)c3n(c2c1)CC(C(=O)N1CCOCC1)=Cc1ccncc1-3.O=C(O)c1ccc2c(C3CCCCC3)c3n(c2c1)C=C(C(=O)N1CCOCC1)Cc1ccncc1-3.O=C(O)c1ccc2c(C3CCCCC3)c3n(c2c1)CC(C(=O)N1CCOCC1)=Cc1ccncc1-3. The van der Waals surface area contributed by atoms with E-state index in [-0.39, 0.29) is 34.8 Å². The fourth-order valence-corrected chi connectivity index (χ4v) is 18.1. The van der Waals surface area contributed by atoms with Crippen LogP contribution >= 0.6 is 0 Å². The van der Waals surface area contributed by atoms with Crippen LogP contribution in [0.3, 0.4) is 0 Å². The van der Waals surface area contributed by atoms with E-state index in [0.717, 1.165) is 127 Å². The zero-order valence-corrected chi connectivity index (χ0v) is 60.1. The van der Waals surface area contributed by atoms with Gasteiger partial charge in [-0.2, -0.15) is 0 Å². The van der Waals surface area contributed by atoms with Gasteiger partial charge in [-0.05, 0) is 156 Å². The Hall–Kier alpha value is -10.4. The number of methoxy groups -OCH3 is 1. The fourth-order valence-electron chi connectivity index (χ4n) is 18.1. The number of nitrogens with zero attached hydrogens (tertiary/aromatic N) is 9. The Labute approximate surface area is 615 Å². The second-order valence-corrected chi connectivity index (χ2v) is 29.5. The van der Waals surface area contributed by atoms with Crippen LogP contribution in [0.15, 0.2) is 127 Å². The van der Waals surface area contributed by atoms with E-state index in [0.29, 0.717) is 133 Å². The van der Waals surface area contributed by atoms with Crippen molar-refractivity contribution in [2.24, 2.45) is 0 Å². The molecule has 546 valence electrons. The van der Waals surface area contributed by atoms with E-state index in [1.165, 1.54) is 81.6 Å². The molecule has 9 aliphatic rings. The van der Waals surface area contributed by atoms with Gasteiger partial charge in [0.2, 0.25) is 0 Å². The number of esters is 1. The summed E-state index contributed by atoms with van der Waals surface area (Å²) in [4.78, 5) is 96.1. The van der Waals surface area contributed by atoms with Crippen LogP contribution in [0.1, 0.15) is 179 Å². The molecule has 0 bridgehead atoms. The first-order valence-electron chi connectivity index (χ1n) is 38.0. The maximum absolute atomic E-state index is 13.7. The lowest BCUT2D eigenvalue weighted by molar-refractivity contribution is -0.131. The zero-order valence-electron chi connectivity index (χ0n) is 60.1. The van der Waals surface area contributed by atoms with Gasteiger partial charge in [-0.25, -0.2) is 14.4 Å². The summed E-state index contributed by atoms with van der Waals surface area (Å²) >= 11 is 0. The van der Waals surface area contributed by atoms with Crippen LogP contribution in [0, 0.1) is 0 Å². The highest BCUT2D eigenvalue weighted by molar-refractivity contribution is 6.07. The van der Waals surface area contributed by atoms with Crippen molar-refractivity contribution in [1.29, 1.82) is 0 Å². The molecule has 2 N–H and O–H groups in total. The molecule has 21 nitrogen and oxygen atoms in total. The summed E-state index contributed by atoms with van der Waals surface area (Å²) in [5, 5.41) is 22.8. The summed E-state index contributed by atoms with van der Waals surface area (Å²) in [7, 11) is 1.41. The third kappa shape index (κ3) is 13.5. The standard InChI is InChI=1S/C29H31N3O4.2C28H29N3O4/c1-35-29(34)21-7-8-23-25(16-21)32-18-22(28(33)31-11-13-36-14-12-31)15-20-9-10-30-17-24(20)27(32)26(23)19-5-3-2-4-6-19;2*32-27(30-10-12-35-13-11-30)21-14-19-8-9-29-16-23(19)26-25(18-4-2-1-3-5-18)22-7-6-20(28(33)34)15-24(22)31(26)17-21/h7-10,15-17,19H,2-6,11-14,18H2,1H3;6-9,15-18H,1-5,10-14H2,(H,33,34);6-9,14-16,18H,1-5,10-13,17H2,(H,33,34). The smallest absolute Gasteiger partial charge is 0.337 e. The molecule has 0 atom stereocenters. The van der Waals surface area contributed by atoms with Crippen LogP contribution in [0.25, 0.3) is 84.8 Å². The molecule has 21 heteroatoms. The minimum absolute atomic E-state index is 0.0133. The Bertz CT molecular complexity index is 5040. The lowest BCUT2D eigenvalue weighted by atomic mass is 9.81. The van der Waals surface area contributed by atoms with E-state index in [1.54, 1.807) is 42.9 Å². The highest BCUT2D eigenvalue weighted by atomic mass is 16.5. The predicted molar refractivity (Wildman–Crippen MR) is 404 cm³/mol. The van der Waals surface area contributed by atoms with Gasteiger partial charge in [0.1, 0.15) is 0 Å². The summed E-state index contributed by atoms with van der Waals surface area (Å²) in [6.45, 7) is 7.65. The molecule has 3 aliphatic carbocycles. The van der Waals surface area contributed by atoms with Crippen molar-refractivity contribution in [1.82, 2.24) is 43.4 Å². The summed E-state index contributed by atoms with van der Waals surface area (Å²) in [5.74, 6) is -0.950. The first kappa shape index (κ1) is 70.0. The number of ether oxygens (including phenoxy) is 4.